The van der Waals surface area contributed by atoms with Crippen LogP contribution >= 0.6 is 11.8 Å². The van der Waals surface area contributed by atoms with E-state index in [4.69, 9.17) is 9.47 Å². The van der Waals surface area contributed by atoms with Crippen LogP contribution < -0.4 is 0 Å². The smallest absolute Gasteiger partial charge is 0.326 e. The summed E-state index contributed by atoms with van der Waals surface area (Å²) in [5, 5.41) is -0.308. The highest BCUT2D eigenvalue weighted by atomic mass is 32.2. The fourth-order valence-electron chi connectivity index (χ4n) is 3.87. The lowest BCUT2D eigenvalue weighted by Crippen LogP contribution is -2.39. The maximum Gasteiger partial charge on any atom is 0.326 e. The molecule has 0 aliphatic carbocycles. The average molecular weight is 557 g/mol. The van der Waals surface area contributed by atoms with E-state index < -0.39 is 11.9 Å². The van der Waals surface area contributed by atoms with E-state index in [0.29, 0.717) is 5.75 Å². The zero-order chi connectivity index (χ0) is 28.4. The van der Waals surface area contributed by atoms with Gasteiger partial charge < -0.3 is 19.3 Å². The van der Waals surface area contributed by atoms with Crippen LogP contribution in [-0.2, 0) is 19.1 Å². The minimum Gasteiger partial charge on any atom is -0.461 e. The van der Waals surface area contributed by atoms with Crippen molar-refractivity contribution < 1.29 is 23.9 Å². The number of carbonyl (C=O) groups is 3. The Morgan fingerprint density at radius 1 is 0.763 bits per heavy atom. The van der Waals surface area contributed by atoms with Crippen LogP contribution in [0.1, 0.15) is 111 Å². The molecule has 0 fully saturated rings. The molecule has 0 spiro atoms. The number of unbranched alkanes of at least 4 members (excludes halogenated alkanes) is 9. The van der Waals surface area contributed by atoms with Gasteiger partial charge in [0.15, 0.2) is 0 Å². The molecule has 0 rings (SSSR count). The van der Waals surface area contributed by atoms with Crippen LogP contribution in [0.25, 0.3) is 0 Å². The van der Waals surface area contributed by atoms with Crippen LogP contribution in [0.2, 0.25) is 0 Å². The van der Waals surface area contributed by atoms with Crippen molar-refractivity contribution in [2.75, 3.05) is 46.1 Å². The van der Waals surface area contributed by atoms with Crippen molar-refractivity contribution in [1.29, 1.82) is 0 Å². The van der Waals surface area contributed by atoms with Crippen LogP contribution in [0.4, 0.5) is 4.79 Å². The number of amides is 1. The molecule has 7 nitrogen and oxygen atoms in total. The first-order valence-electron chi connectivity index (χ1n) is 14.9. The molecule has 0 saturated carbocycles. The maximum absolute atomic E-state index is 12.9. The van der Waals surface area contributed by atoms with Crippen LogP contribution in [-0.4, -0.2) is 79.2 Å². The van der Waals surface area contributed by atoms with Crippen LogP contribution in [0.15, 0.2) is 12.2 Å². The van der Waals surface area contributed by atoms with Crippen molar-refractivity contribution in [3.05, 3.63) is 12.2 Å². The van der Waals surface area contributed by atoms with Crippen molar-refractivity contribution in [3.63, 3.8) is 0 Å². The average Bonchev–Trinajstić information content (AvgIpc) is 2.87. The van der Waals surface area contributed by atoms with Gasteiger partial charge in [-0.15, -0.1) is 0 Å². The van der Waals surface area contributed by atoms with Gasteiger partial charge in [0, 0.05) is 12.3 Å². The number of carbonyl (C=O) groups excluding carboxylic acids is 3. The Morgan fingerprint density at radius 2 is 1.34 bits per heavy atom. The lowest BCUT2D eigenvalue weighted by molar-refractivity contribution is -0.151. The van der Waals surface area contributed by atoms with Gasteiger partial charge in [-0.25, -0.2) is 0 Å². The van der Waals surface area contributed by atoms with Crippen molar-refractivity contribution in [2.24, 2.45) is 0 Å². The van der Waals surface area contributed by atoms with Gasteiger partial charge in [0.1, 0.15) is 25.8 Å². The summed E-state index contributed by atoms with van der Waals surface area (Å²) in [6.45, 7) is 6.91. The predicted molar refractivity (Wildman–Crippen MR) is 160 cm³/mol. The fraction of sp³-hybridized carbons (Fsp3) is 0.833. The number of hydrogen-bond donors (Lipinski definition) is 0. The Morgan fingerprint density at radius 3 is 1.97 bits per heavy atom. The minimum absolute atomic E-state index is 0.140. The molecule has 0 N–H and O–H groups in total. The monoisotopic (exact) mass is 556 g/mol. The molecule has 0 heterocycles. The van der Waals surface area contributed by atoms with E-state index in [2.05, 4.69) is 20.8 Å². The summed E-state index contributed by atoms with van der Waals surface area (Å²) in [5.41, 5.74) is 0. The Labute approximate surface area is 237 Å². The molecule has 0 saturated heterocycles. The van der Waals surface area contributed by atoms with E-state index in [9.17, 15) is 14.4 Å². The molecular formula is C30H56N2O5S. The topological polar surface area (TPSA) is 76.1 Å². The van der Waals surface area contributed by atoms with E-state index >= 15 is 0 Å². The molecule has 1 unspecified atom stereocenters. The summed E-state index contributed by atoms with van der Waals surface area (Å²) < 4.78 is 11.1. The van der Waals surface area contributed by atoms with Gasteiger partial charge >= 0.3 is 11.9 Å². The SMILES string of the molecule is CCCCCC/C=C\COC(=O)CN(CC(=O)OC(CCCCC)CCCCCC)C(=O)SCCN(C)C. The number of hydrogen-bond acceptors (Lipinski definition) is 7. The van der Waals surface area contributed by atoms with Gasteiger partial charge in [-0.05, 0) is 52.6 Å². The van der Waals surface area contributed by atoms with Gasteiger partial charge in [-0.3, -0.25) is 14.4 Å². The molecule has 0 aromatic heterocycles. The van der Waals surface area contributed by atoms with Crippen LogP contribution in [0, 0.1) is 0 Å². The molecule has 0 aromatic carbocycles. The number of allylic oxidation sites excluding steroid dienone is 1. The lowest BCUT2D eigenvalue weighted by atomic mass is 10.0. The van der Waals surface area contributed by atoms with Crippen molar-refractivity contribution >= 4 is 28.9 Å². The summed E-state index contributed by atoms with van der Waals surface area (Å²) in [6.07, 6.45) is 18.9. The second-order valence-corrected chi connectivity index (χ2v) is 11.3. The van der Waals surface area contributed by atoms with Crippen molar-refractivity contribution in [3.8, 4) is 0 Å². The zero-order valence-electron chi connectivity index (χ0n) is 25.0. The molecule has 0 aliphatic heterocycles. The van der Waals surface area contributed by atoms with Crippen molar-refractivity contribution in [1.82, 2.24) is 9.80 Å². The summed E-state index contributed by atoms with van der Waals surface area (Å²) in [7, 11) is 3.88. The quantitative estimate of drug-likeness (QED) is 0.0705. The number of thioether (sulfide) groups is 1. The first-order chi connectivity index (χ1) is 18.3. The van der Waals surface area contributed by atoms with E-state index in [1.807, 2.05) is 31.1 Å². The Balaban J connectivity index is 4.93. The molecule has 1 atom stereocenters. The first kappa shape index (κ1) is 36.5. The van der Waals surface area contributed by atoms with Gasteiger partial charge in [-0.2, -0.15) is 0 Å². The summed E-state index contributed by atoms with van der Waals surface area (Å²) in [6, 6.07) is 0. The van der Waals surface area contributed by atoms with Crippen molar-refractivity contribution in [2.45, 2.75) is 117 Å². The molecule has 0 bridgehead atoms. The highest BCUT2D eigenvalue weighted by molar-refractivity contribution is 8.13. The molecule has 0 aromatic rings. The second kappa shape index (κ2) is 25.7. The van der Waals surface area contributed by atoms with E-state index in [0.717, 1.165) is 82.5 Å². The number of esters is 2. The molecule has 0 aliphatic rings. The zero-order valence-corrected chi connectivity index (χ0v) is 25.8. The summed E-state index contributed by atoms with van der Waals surface area (Å²) in [5.74, 6) is -0.401. The molecule has 1 amide bonds. The number of ether oxygens (including phenoxy) is 2. The summed E-state index contributed by atoms with van der Waals surface area (Å²) >= 11 is 1.11. The highest BCUT2D eigenvalue weighted by Gasteiger charge is 2.24. The Bertz CT molecular complexity index is 642. The first-order valence-corrected chi connectivity index (χ1v) is 15.9. The highest BCUT2D eigenvalue weighted by Crippen LogP contribution is 2.16. The van der Waals surface area contributed by atoms with E-state index in [1.165, 1.54) is 30.6 Å². The molecule has 8 heteroatoms. The third-order valence-corrected chi connectivity index (χ3v) is 7.09. The Kier molecular flexibility index (Phi) is 24.7. The third-order valence-electron chi connectivity index (χ3n) is 6.20. The van der Waals surface area contributed by atoms with Crippen LogP contribution in [0.5, 0.6) is 0 Å². The lowest BCUT2D eigenvalue weighted by Gasteiger charge is -2.23. The largest absolute Gasteiger partial charge is 0.461 e. The van der Waals surface area contributed by atoms with E-state index in [-0.39, 0.29) is 31.0 Å². The van der Waals surface area contributed by atoms with Gasteiger partial charge in [-0.1, -0.05) is 96.1 Å². The maximum atomic E-state index is 12.9. The summed E-state index contributed by atoms with van der Waals surface area (Å²) in [4.78, 5) is 41.5. The third kappa shape index (κ3) is 22.4. The normalized spacial score (nSPS) is 12.2. The Hall–Kier alpha value is -1.54. The van der Waals surface area contributed by atoms with Gasteiger partial charge in [0.05, 0.1) is 0 Å². The minimum atomic E-state index is -0.519. The number of rotatable bonds is 24. The molecule has 38 heavy (non-hydrogen) atoms. The standard InChI is InChI=1S/C30H56N2O5S/c1-6-9-12-14-15-16-19-23-36-28(33)25-32(30(35)38-24-22-31(4)5)26-29(34)37-27(20-17-11-8-3)21-18-13-10-7-2/h16,19,27H,6-15,17-18,20-26H2,1-5H3/b19-16-. The predicted octanol–water partition coefficient (Wildman–Crippen LogP) is 7.24. The molecule has 0 radical (unpaired) electrons. The van der Waals surface area contributed by atoms with E-state index in [1.54, 1.807) is 0 Å². The van der Waals surface area contributed by atoms with Gasteiger partial charge in [0.2, 0.25) is 0 Å². The fourth-order valence-corrected chi connectivity index (χ4v) is 4.81. The van der Waals surface area contributed by atoms with Gasteiger partial charge in [0.25, 0.3) is 5.24 Å². The molecule has 222 valence electrons. The molecular weight excluding hydrogens is 500 g/mol. The number of nitrogens with zero attached hydrogens (tertiary/aromatic N) is 2. The second-order valence-electron chi connectivity index (χ2n) is 10.2. The van der Waals surface area contributed by atoms with Crippen LogP contribution in [0.3, 0.4) is 0 Å².